The Morgan fingerprint density at radius 1 is 0.944 bits per heavy atom. The molecule has 8 nitrogen and oxygen atoms in total. The van der Waals surface area contributed by atoms with Crippen molar-refractivity contribution in [3.05, 3.63) is 100 Å². The van der Waals surface area contributed by atoms with E-state index in [-0.39, 0.29) is 28.4 Å². The monoisotopic (exact) mass is 480 g/mol. The van der Waals surface area contributed by atoms with Crippen LogP contribution in [0, 0.1) is 12.8 Å². The molecule has 1 amide bonds. The Hall–Kier alpha value is -4.59. The number of amides is 1. The minimum Gasteiger partial charge on any atom is -0.455 e. The van der Waals surface area contributed by atoms with E-state index in [0.29, 0.717) is 22.5 Å². The molecule has 0 aliphatic carbocycles. The summed E-state index contributed by atoms with van der Waals surface area (Å²) >= 11 is 0. The molecule has 0 saturated carbocycles. The summed E-state index contributed by atoms with van der Waals surface area (Å²) in [6.07, 6.45) is 3.29. The van der Waals surface area contributed by atoms with Crippen molar-refractivity contribution in [1.29, 1.82) is 0 Å². The average Bonchev–Trinajstić information content (AvgIpc) is 3.39. The number of fused-ring (bicyclic) bond motifs is 1. The van der Waals surface area contributed by atoms with Crippen LogP contribution in [0.4, 0.5) is 0 Å². The highest BCUT2D eigenvalue weighted by Gasteiger charge is 2.27. The topological polar surface area (TPSA) is 111 Å². The lowest BCUT2D eigenvalue weighted by atomic mass is 10.0. The van der Waals surface area contributed by atoms with E-state index in [2.05, 4.69) is 20.4 Å². The molecule has 36 heavy (non-hydrogen) atoms. The van der Waals surface area contributed by atoms with E-state index in [1.165, 1.54) is 0 Å². The van der Waals surface area contributed by atoms with Gasteiger partial charge in [-0.15, -0.1) is 0 Å². The normalized spacial score (nSPS) is 12.1. The van der Waals surface area contributed by atoms with Crippen LogP contribution in [-0.2, 0) is 0 Å². The predicted molar refractivity (Wildman–Crippen MR) is 135 cm³/mol. The Balaban J connectivity index is 1.53. The van der Waals surface area contributed by atoms with Gasteiger partial charge in [-0.1, -0.05) is 55.4 Å². The van der Waals surface area contributed by atoms with Gasteiger partial charge in [0.25, 0.3) is 5.91 Å². The first kappa shape index (κ1) is 23.2. The highest BCUT2D eigenvalue weighted by atomic mass is 16.5. The zero-order chi connectivity index (χ0) is 25.2. The summed E-state index contributed by atoms with van der Waals surface area (Å²) in [5.41, 5.74) is 2.31. The Morgan fingerprint density at radius 2 is 1.69 bits per heavy atom. The molecule has 0 saturated heterocycles. The molecule has 0 bridgehead atoms. The number of nitrogens with one attached hydrogen (secondary N) is 1. The van der Waals surface area contributed by atoms with Crippen LogP contribution in [0.1, 0.15) is 41.7 Å². The molecule has 3 aromatic heterocycles. The molecule has 2 aromatic carbocycles. The van der Waals surface area contributed by atoms with Crippen molar-refractivity contribution in [1.82, 2.24) is 20.4 Å². The smallest absolute Gasteiger partial charge is 0.255 e. The summed E-state index contributed by atoms with van der Waals surface area (Å²) < 4.78 is 11.7. The first-order valence-electron chi connectivity index (χ1n) is 11.6. The number of hydrogen-bond acceptors (Lipinski definition) is 7. The van der Waals surface area contributed by atoms with Gasteiger partial charge in [-0.25, -0.2) is 0 Å². The lowest BCUT2D eigenvalue weighted by Gasteiger charge is -2.19. The molecule has 0 fully saturated rings. The number of benzene rings is 2. The Kier molecular flexibility index (Phi) is 6.16. The van der Waals surface area contributed by atoms with Gasteiger partial charge in [0.2, 0.25) is 11.7 Å². The molecule has 3 heterocycles. The molecule has 5 aromatic rings. The zero-order valence-corrected chi connectivity index (χ0v) is 20.1. The second-order valence-corrected chi connectivity index (χ2v) is 8.82. The lowest BCUT2D eigenvalue weighted by Crippen LogP contribution is -2.32. The number of hydrogen-bond donors (Lipinski definition) is 1. The van der Waals surface area contributed by atoms with Crippen molar-refractivity contribution < 1.29 is 13.7 Å². The van der Waals surface area contributed by atoms with Gasteiger partial charge in [-0.3, -0.25) is 14.6 Å². The first-order chi connectivity index (χ1) is 17.4. The molecule has 5 rings (SSSR count). The van der Waals surface area contributed by atoms with Crippen molar-refractivity contribution in [2.24, 2.45) is 5.92 Å². The molecule has 0 aliphatic rings. The highest BCUT2D eigenvalue weighted by molar-refractivity contribution is 6.05. The standard InChI is InChI=1S/C28H24N4O4/c1-16(2)22(28-31-26(32-36-28)19-12-14-29-15-13-19)30-27(34)21-11-7-10-20-23(33)17(3)24(35-25(20)21)18-8-5-4-6-9-18/h4-16,22H,1-3H3,(H,30,34). The number of para-hydroxylation sites is 1. The van der Waals surface area contributed by atoms with Crippen LogP contribution in [0.25, 0.3) is 33.7 Å². The number of rotatable bonds is 6. The second kappa shape index (κ2) is 9.58. The summed E-state index contributed by atoms with van der Waals surface area (Å²) in [4.78, 5) is 35.2. The third-order valence-corrected chi connectivity index (χ3v) is 6.03. The van der Waals surface area contributed by atoms with Gasteiger partial charge in [0.15, 0.2) is 11.0 Å². The number of pyridine rings is 1. The SMILES string of the molecule is Cc1c(-c2ccccc2)oc2c(C(=O)NC(c3nc(-c4ccncc4)no3)C(C)C)cccc2c1=O. The fraction of sp³-hybridized carbons (Fsp3) is 0.179. The van der Waals surface area contributed by atoms with Crippen molar-refractivity contribution in [2.75, 3.05) is 0 Å². The molecule has 0 spiro atoms. The molecular weight excluding hydrogens is 456 g/mol. The van der Waals surface area contributed by atoms with E-state index in [1.807, 2.05) is 44.2 Å². The van der Waals surface area contributed by atoms with Crippen molar-refractivity contribution >= 4 is 16.9 Å². The predicted octanol–water partition coefficient (Wildman–Crippen LogP) is 5.34. The number of carbonyl (C=O) groups is 1. The van der Waals surface area contributed by atoms with Crippen LogP contribution >= 0.6 is 0 Å². The van der Waals surface area contributed by atoms with Crippen molar-refractivity contribution in [3.8, 4) is 22.7 Å². The molecule has 8 heteroatoms. The van der Waals surface area contributed by atoms with E-state index in [9.17, 15) is 9.59 Å². The van der Waals surface area contributed by atoms with Crippen LogP contribution in [-0.4, -0.2) is 21.0 Å². The summed E-state index contributed by atoms with van der Waals surface area (Å²) in [5.74, 6) is 0.671. The largest absolute Gasteiger partial charge is 0.455 e. The second-order valence-electron chi connectivity index (χ2n) is 8.82. The third-order valence-electron chi connectivity index (χ3n) is 6.03. The Labute approximate surface area is 207 Å². The van der Waals surface area contributed by atoms with Crippen LogP contribution in [0.3, 0.4) is 0 Å². The molecule has 1 atom stereocenters. The summed E-state index contributed by atoms with van der Waals surface area (Å²) in [6, 6.07) is 17.3. The highest BCUT2D eigenvalue weighted by Crippen LogP contribution is 2.29. The average molecular weight is 481 g/mol. The fourth-order valence-corrected chi connectivity index (χ4v) is 4.07. The van der Waals surface area contributed by atoms with Crippen molar-refractivity contribution in [2.45, 2.75) is 26.8 Å². The quantitative estimate of drug-likeness (QED) is 0.349. The minimum absolute atomic E-state index is 0.0520. The van der Waals surface area contributed by atoms with E-state index < -0.39 is 11.9 Å². The van der Waals surface area contributed by atoms with Gasteiger partial charge in [0, 0.05) is 29.1 Å². The van der Waals surface area contributed by atoms with E-state index >= 15 is 0 Å². The van der Waals surface area contributed by atoms with Gasteiger partial charge in [0.05, 0.1) is 10.9 Å². The molecule has 1 N–H and O–H groups in total. The molecular formula is C28H24N4O4. The summed E-state index contributed by atoms with van der Waals surface area (Å²) in [7, 11) is 0. The van der Waals surface area contributed by atoms with Gasteiger partial charge in [-0.2, -0.15) is 4.98 Å². The molecule has 0 aliphatic heterocycles. The van der Waals surface area contributed by atoms with Gasteiger partial charge in [0.1, 0.15) is 11.8 Å². The maximum atomic E-state index is 13.5. The maximum Gasteiger partial charge on any atom is 0.255 e. The van der Waals surface area contributed by atoms with Gasteiger partial charge < -0.3 is 14.3 Å². The fourth-order valence-electron chi connectivity index (χ4n) is 4.07. The number of aromatic nitrogens is 3. The summed E-state index contributed by atoms with van der Waals surface area (Å²) in [6.45, 7) is 5.62. The molecule has 180 valence electrons. The number of carbonyl (C=O) groups excluding carboxylic acids is 1. The Bertz CT molecular complexity index is 1590. The number of nitrogens with zero attached hydrogens (tertiary/aromatic N) is 3. The maximum absolute atomic E-state index is 13.5. The zero-order valence-electron chi connectivity index (χ0n) is 20.1. The molecule has 1 unspecified atom stereocenters. The van der Waals surface area contributed by atoms with E-state index in [0.717, 1.165) is 11.1 Å². The van der Waals surface area contributed by atoms with Gasteiger partial charge >= 0.3 is 0 Å². The first-order valence-corrected chi connectivity index (χ1v) is 11.6. The van der Waals surface area contributed by atoms with Crippen LogP contribution in [0.2, 0.25) is 0 Å². The molecule has 0 radical (unpaired) electrons. The minimum atomic E-state index is -0.554. The van der Waals surface area contributed by atoms with E-state index in [4.69, 9.17) is 8.94 Å². The lowest BCUT2D eigenvalue weighted by molar-refractivity contribution is 0.0914. The van der Waals surface area contributed by atoms with Crippen molar-refractivity contribution in [3.63, 3.8) is 0 Å². The summed E-state index contributed by atoms with van der Waals surface area (Å²) in [5, 5.41) is 7.40. The van der Waals surface area contributed by atoms with E-state index in [1.54, 1.807) is 49.6 Å². The third kappa shape index (κ3) is 4.29. The Morgan fingerprint density at radius 3 is 2.42 bits per heavy atom. The van der Waals surface area contributed by atoms with Gasteiger partial charge in [-0.05, 0) is 37.1 Å². The van der Waals surface area contributed by atoms with Crippen LogP contribution < -0.4 is 10.7 Å². The van der Waals surface area contributed by atoms with Crippen LogP contribution in [0.15, 0.2) is 86.8 Å². The van der Waals surface area contributed by atoms with Crippen LogP contribution in [0.5, 0.6) is 0 Å².